The molecule has 0 saturated carbocycles. The molecule has 6 nitrogen and oxygen atoms in total. The smallest absolute Gasteiger partial charge is 0.416 e. The maximum Gasteiger partial charge on any atom is 0.416 e. The van der Waals surface area contributed by atoms with Crippen LogP contribution in [0, 0.1) is 0 Å². The molecule has 0 aromatic heterocycles. The maximum atomic E-state index is 12.6. The summed E-state index contributed by atoms with van der Waals surface area (Å²) in [5.41, 5.74) is -0.00396. The quantitative estimate of drug-likeness (QED) is 0.565. The van der Waals surface area contributed by atoms with Crippen molar-refractivity contribution < 1.29 is 32.3 Å². The lowest BCUT2D eigenvalue weighted by Crippen LogP contribution is -2.26. The predicted octanol–water partition coefficient (Wildman–Crippen LogP) is 4.10. The van der Waals surface area contributed by atoms with E-state index in [9.17, 15) is 18.0 Å². The minimum atomic E-state index is -4.44. The Labute approximate surface area is 159 Å². The average Bonchev–Trinajstić information content (AvgIpc) is 2.67. The van der Waals surface area contributed by atoms with Gasteiger partial charge in [0.15, 0.2) is 11.5 Å². The van der Waals surface area contributed by atoms with Gasteiger partial charge in [-0.2, -0.15) is 13.2 Å². The number of rotatable bonds is 7. The number of carbonyl (C=O) groups excluding carboxylic acids is 1. The molecule has 150 valence electrons. The van der Waals surface area contributed by atoms with Crippen molar-refractivity contribution in [1.82, 2.24) is 0 Å². The lowest BCUT2D eigenvalue weighted by Gasteiger charge is -2.12. The summed E-state index contributed by atoms with van der Waals surface area (Å²) >= 11 is 0. The third kappa shape index (κ3) is 5.38. The molecule has 0 unspecified atom stereocenters. The van der Waals surface area contributed by atoms with Gasteiger partial charge in [-0.25, -0.2) is 0 Å². The minimum absolute atomic E-state index is 0.215. The number of oxime groups is 1. The molecule has 2 aromatic carbocycles. The Bertz CT molecular complexity index is 836. The zero-order valence-electron chi connectivity index (χ0n) is 15.4. The van der Waals surface area contributed by atoms with Crippen LogP contribution >= 0.6 is 0 Å². The van der Waals surface area contributed by atoms with Crippen LogP contribution in [0.4, 0.5) is 18.9 Å². The number of halogens is 3. The van der Waals surface area contributed by atoms with Crippen molar-refractivity contribution in [1.29, 1.82) is 0 Å². The van der Waals surface area contributed by atoms with E-state index >= 15 is 0 Å². The highest BCUT2D eigenvalue weighted by molar-refractivity contribution is 5.94. The number of nitrogens with one attached hydrogen (secondary N) is 1. The number of para-hydroxylation sites is 1. The van der Waals surface area contributed by atoms with Gasteiger partial charge in [0.05, 0.1) is 26.0 Å². The summed E-state index contributed by atoms with van der Waals surface area (Å²) < 4.78 is 48.1. The highest BCUT2D eigenvalue weighted by atomic mass is 19.4. The number of hydrogen-bond donors (Lipinski definition) is 1. The summed E-state index contributed by atoms with van der Waals surface area (Å²) in [6, 6.07) is 9.28. The second kappa shape index (κ2) is 9.12. The first-order valence-electron chi connectivity index (χ1n) is 8.14. The Morgan fingerprint density at radius 3 is 2.36 bits per heavy atom. The molecule has 0 aliphatic heterocycles. The Morgan fingerprint density at radius 1 is 1.11 bits per heavy atom. The Morgan fingerprint density at radius 2 is 1.79 bits per heavy atom. The van der Waals surface area contributed by atoms with Gasteiger partial charge in [0.1, 0.15) is 0 Å². The number of carbonyl (C=O) groups is 1. The molecule has 9 heteroatoms. The molecule has 1 amide bonds. The van der Waals surface area contributed by atoms with E-state index in [4.69, 9.17) is 14.3 Å². The molecule has 0 aliphatic rings. The number of amides is 1. The molecule has 0 spiro atoms. The fourth-order valence-corrected chi connectivity index (χ4v) is 2.23. The lowest BCUT2D eigenvalue weighted by molar-refractivity contribution is -0.137. The highest BCUT2D eigenvalue weighted by Crippen LogP contribution is 2.30. The number of alkyl halides is 3. The molecule has 0 saturated heterocycles. The van der Waals surface area contributed by atoms with Crippen molar-refractivity contribution in [3.63, 3.8) is 0 Å². The van der Waals surface area contributed by atoms with Crippen LogP contribution in [0.15, 0.2) is 47.6 Å². The van der Waals surface area contributed by atoms with Crippen LogP contribution < -0.4 is 14.8 Å². The summed E-state index contributed by atoms with van der Waals surface area (Å²) in [5.74, 6) is 0.410. The summed E-state index contributed by atoms with van der Waals surface area (Å²) in [5, 5.41) is 6.22. The predicted molar refractivity (Wildman–Crippen MR) is 97.8 cm³/mol. The van der Waals surface area contributed by atoms with Gasteiger partial charge >= 0.3 is 6.18 Å². The van der Waals surface area contributed by atoms with Gasteiger partial charge in [-0.3, -0.25) is 4.79 Å². The van der Waals surface area contributed by atoms with Gasteiger partial charge in [0.2, 0.25) is 6.10 Å². The molecule has 2 rings (SSSR count). The molecule has 0 fully saturated rings. The Hall–Kier alpha value is -3.23. The molecule has 0 radical (unpaired) electrons. The highest BCUT2D eigenvalue weighted by Gasteiger charge is 2.30. The number of ether oxygens (including phenoxy) is 2. The van der Waals surface area contributed by atoms with Gasteiger partial charge < -0.3 is 19.6 Å². The number of anilines is 1. The zero-order chi connectivity index (χ0) is 20.7. The normalized spacial score (nSPS) is 12.5. The average molecular weight is 396 g/mol. The second-order valence-electron chi connectivity index (χ2n) is 5.63. The van der Waals surface area contributed by atoms with Crippen molar-refractivity contribution >= 4 is 17.8 Å². The Kier molecular flexibility index (Phi) is 6.86. The van der Waals surface area contributed by atoms with Crippen LogP contribution in [0.3, 0.4) is 0 Å². The van der Waals surface area contributed by atoms with Gasteiger partial charge in [0, 0.05) is 11.3 Å². The minimum Gasteiger partial charge on any atom is -0.493 e. The van der Waals surface area contributed by atoms with E-state index in [1.54, 1.807) is 18.2 Å². The fraction of sp³-hybridized carbons (Fsp3) is 0.263. The Balaban J connectivity index is 1.97. The number of methoxy groups -OCH3 is 2. The van der Waals surface area contributed by atoms with Crippen LogP contribution in [-0.2, 0) is 15.8 Å². The van der Waals surface area contributed by atoms with Gasteiger partial charge in [0.25, 0.3) is 5.91 Å². The van der Waals surface area contributed by atoms with Crippen molar-refractivity contribution in [2.24, 2.45) is 5.16 Å². The van der Waals surface area contributed by atoms with E-state index in [2.05, 4.69) is 10.5 Å². The van der Waals surface area contributed by atoms with E-state index in [0.717, 1.165) is 24.3 Å². The lowest BCUT2D eigenvalue weighted by atomic mass is 10.2. The SMILES string of the molecule is COc1cccc(/C=N\O[C@@H](C)C(=O)Nc2ccc(C(F)(F)F)cc2)c1OC. The van der Waals surface area contributed by atoms with Crippen LogP contribution in [0.25, 0.3) is 0 Å². The van der Waals surface area contributed by atoms with E-state index in [1.165, 1.54) is 27.4 Å². The van der Waals surface area contributed by atoms with Crippen LogP contribution in [-0.4, -0.2) is 32.4 Å². The van der Waals surface area contributed by atoms with Crippen LogP contribution in [0.5, 0.6) is 11.5 Å². The standard InChI is InChI=1S/C19H19F3N2O4/c1-12(18(25)24-15-9-7-14(8-10-15)19(20,21)22)28-23-11-13-5-4-6-16(26-2)17(13)27-3/h4-12H,1-3H3,(H,24,25)/b23-11-/t12-/m0/s1. The summed E-state index contributed by atoms with van der Waals surface area (Å²) in [6.07, 6.45) is -4.05. The van der Waals surface area contributed by atoms with Crippen molar-refractivity contribution in [3.05, 3.63) is 53.6 Å². The molecule has 0 bridgehead atoms. The largest absolute Gasteiger partial charge is 0.493 e. The molecular formula is C19H19F3N2O4. The van der Waals surface area contributed by atoms with Crippen molar-refractivity contribution in [2.45, 2.75) is 19.2 Å². The van der Waals surface area contributed by atoms with Crippen molar-refractivity contribution in [2.75, 3.05) is 19.5 Å². The topological polar surface area (TPSA) is 69.2 Å². The first-order chi connectivity index (χ1) is 13.3. The summed E-state index contributed by atoms with van der Waals surface area (Å²) in [7, 11) is 2.99. The summed E-state index contributed by atoms with van der Waals surface area (Å²) in [4.78, 5) is 17.2. The molecule has 0 heterocycles. The van der Waals surface area contributed by atoms with Gasteiger partial charge in [-0.1, -0.05) is 11.2 Å². The molecule has 0 aliphatic carbocycles. The second-order valence-corrected chi connectivity index (χ2v) is 5.63. The number of nitrogens with zero attached hydrogens (tertiary/aromatic N) is 1. The van der Waals surface area contributed by atoms with Gasteiger partial charge in [-0.05, 0) is 43.3 Å². The molecular weight excluding hydrogens is 377 g/mol. The van der Waals surface area contributed by atoms with E-state index in [0.29, 0.717) is 17.1 Å². The van der Waals surface area contributed by atoms with Crippen LogP contribution in [0.1, 0.15) is 18.1 Å². The van der Waals surface area contributed by atoms with Gasteiger partial charge in [-0.15, -0.1) is 0 Å². The van der Waals surface area contributed by atoms with Crippen LogP contribution in [0.2, 0.25) is 0 Å². The third-order valence-corrected chi connectivity index (χ3v) is 3.69. The zero-order valence-corrected chi connectivity index (χ0v) is 15.4. The fourth-order valence-electron chi connectivity index (χ4n) is 2.23. The number of hydrogen-bond acceptors (Lipinski definition) is 5. The van der Waals surface area contributed by atoms with E-state index in [-0.39, 0.29) is 5.69 Å². The molecule has 28 heavy (non-hydrogen) atoms. The molecule has 2 aromatic rings. The molecule has 1 atom stereocenters. The van der Waals surface area contributed by atoms with E-state index < -0.39 is 23.8 Å². The first-order valence-corrected chi connectivity index (χ1v) is 8.14. The number of benzene rings is 2. The summed E-state index contributed by atoms with van der Waals surface area (Å²) in [6.45, 7) is 1.46. The van der Waals surface area contributed by atoms with Crippen molar-refractivity contribution in [3.8, 4) is 11.5 Å². The monoisotopic (exact) mass is 396 g/mol. The first kappa shape index (κ1) is 21.1. The maximum absolute atomic E-state index is 12.6. The molecule has 1 N–H and O–H groups in total. The van der Waals surface area contributed by atoms with E-state index in [1.807, 2.05) is 0 Å². The third-order valence-electron chi connectivity index (χ3n) is 3.69.